The number of rotatable bonds is 4. The van der Waals surface area contributed by atoms with Gasteiger partial charge in [-0.3, -0.25) is 19.8 Å². The normalized spacial score (nSPS) is 15.6. The van der Waals surface area contributed by atoms with Crippen LogP contribution < -0.4 is 10.2 Å². The van der Waals surface area contributed by atoms with Gasteiger partial charge < -0.3 is 0 Å². The molecule has 0 atom stereocenters. The number of nitrogens with zero attached hydrogens (tertiary/aromatic N) is 2. The average Bonchev–Trinajstić information content (AvgIpc) is 3.22. The van der Waals surface area contributed by atoms with Gasteiger partial charge in [0.15, 0.2) is 5.11 Å². The number of carbonyl (C=O) groups is 2. The summed E-state index contributed by atoms with van der Waals surface area (Å²) in [6.45, 7) is 1.87. The smallest absolute Gasteiger partial charge is 0.270 e. The van der Waals surface area contributed by atoms with Crippen LogP contribution in [-0.2, 0) is 19.6 Å². The van der Waals surface area contributed by atoms with Crippen molar-refractivity contribution in [1.29, 1.82) is 0 Å². The van der Waals surface area contributed by atoms with Crippen molar-refractivity contribution in [2.75, 3.05) is 4.90 Å². The molecule has 0 saturated carbocycles. The number of nitrogens with one attached hydrogen (secondary N) is 1. The summed E-state index contributed by atoms with van der Waals surface area (Å²) in [4.78, 5) is 27.5. The third kappa shape index (κ3) is 4.11. The van der Waals surface area contributed by atoms with Crippen molar-refractivity contribution in [3.8, 4) is 0 Å². The summed E-state index contributed by atoms with van der Waals surface area (Å²) in [6.07, 6.45) is 2.79. The maximum Gasteiger partial charge on any atom is 0.270 e. The van der Waals surface area contributed by atoms with Crippen LogP contribution in [0.3, 0.4) is 0 Å². The number of amides is 2. The molecule has 5 rings (SSSR count). The van der Waals surface area contributed by atoms with E-state index in [1.54, 1.807) is 72.8 Å². The molecule has 1 aliphatic heterocycles. The van der Waals surface area contributed by atoms with Crippen LogP contribution >= 0.6 is 23.8 Å². The Morgan fingerprint density at radius 2 is 1.61 bits per heavy atom. The van der Waals surface area contributed by atoms with Crippen LogP contribution in [0.4, 0.5) is 5.69 Å². The summed E-state index contributed by atoms with van der Waals surface area (Å²) in [5.41, 5.74) is 1.99. The van der Waals surface area contributed by atoms with Gasteiger partial charge in [-0.1, -0.05) is 47.5 Å². The molecule has 2 heterocycles. The molecule has 1 N–H and O–H groups in total. The minimum absolute atomic E-state index is 0.0613. The van der Waals surface area contributed by atoms with Crippen LogP contribution in [0.1, 0.15) is 11.1 Å². The second-order valence-corrected chi connectivity index (χ2v) is 10.8. The molecule has 1 fully saturated rings. The molecule has 10 heteroatoms. The lowest BCUT2D eigenvalue weighted by molar-refractivity contribution is -0.122. The molecule has 7 nitrogen and oxygen atoms in total. The van der Waals surface area contributed by atoms with Crippen LogP contribution in [0.25, 0.3) is 17.0 Å². The predicted octanol–water partition coefficient (Wildman–Crippen LogP) is 4.67. The Labute approximate surface area is 217 Å². The fourth-order valence-electron chi connectivity index (χ4n) is 3.95. The van der Waals surface area contributed by atoms with Gasteiger partial charge in [0.25, 0.3) is 21.8 Å². The highest BCUT2D eigenvalue weighted by Crippen LogP contribution is 2.29. The molecule has 1 saturated heterocycles. The Morgan fingerprint density at radius 1 is 0.944 bits per heavy atom. The van der Waals surface area contributed by atoms with E-state index in [0.29, 0.717) is 27.2 Å². The second kappa shape index (κ2) is 9.02. The van der Waals surface area contributed by atoms with E-state index in [0.717, 1.165) is 9.54 Å². The number of aromatic nitrogens is 1. The molecule has 0 spiro atoms. The standard InChI is InChI=1S/C26H18ClN3O4S2/c1-16-6-12-20(13-7-16)36(33,34)29-15-17(21-4-2-3-5-23(21)29)14-22-24(31)28-26(35)30(25(22)32)19-10-8-18(27)9-11-19/h2-15H,1H3,(H,28,31,35)/b22-14+. The summed E-state index contributed by atoms with van der Waals surface area (Å²) in [7, 11) is -3.94. The van der Waals surface area contributed by atoms with Gasteiger partial charge in [0.1, 0.15) is 5.57 Å². The number of halogens is 1. The van der Waals surface area contributed by atoms with Gasteiger partial charge in [0, 0.05) is 22.2 Å². The Morgan fingerprint density at radius 3 is 2.31 bits per heavy atom. The summed E-state index contributed by atoms with van der Waals surface area (Å²) in [5, 5.41) is 3.51. The number of benzene rings is 3. The Bertz CT molecular complexity index is 1690. The van der Waals surface area contributed by atoms with Gasteiger partial charge >= 0.3 is 0 Å². The van der Waals surface area contributed by atoms with E-state index < -0.39 is 21.8 Å². The van der Waals surface area contributed by atoms with E-state index in [4.69, 9.17) is 23.8 Å². The van der Waals surface area contributed by atoms with E-state index in [1.807, 2.05) is 6.92 Å². The molecule has 2 amide bonds. The largest absolute Gasteiger partial charge is 0.298 e. The third-order valence-corrected chi connectivity index (χ3v) is 8.00. The minimum atomic E-state index is -3.94. The number of hydrogen-bond acceptors (Lipinski definition) is 5. The molecule has 4 aromatic rings. The lowest BCUT2D eigenvalue weighted by atomic mass is 10.1. The van der Waals surface area contributed by atoms with Gasteiger partial charge in [-0.05, 0) is 67.7 Å². The van der Waals surface area contributed by atoms with Crippen LogP contribution in [-0.4, -0.2) is 29.3 Å². The van der Waals surface area contributed by atoms with E-state index in [9.17, 15) is 18.0 Å². The molecule has 0 radical (unpaired) electrons. The summed E-state index contributed by atoms with van der Waals surface area (Å²) in [6, 6.07) is 19.8. The minimum Gasteiger partial charge on any atom is -0.298 e. The summed E-state index contributed by atoms with van der Waals surface area (Å²) in [5.74, 6) is -1.31. The van der Waals surface area contributed by atoms with Crippen LogP contribution in [0.2, 0.25) is 5.02 Å². The van der Waals surface area contributed by atoms with Gasteiger partial charge in [-0.15, -0.1) is 0 Å². The zero-order valence-corrected chi connectivity index (χ0v) is 21.2. The van der Waals surface area contributed by atoms with Crippen molar-refractivity contribution in [1.82, 2.24) is 9.29 Å². The molecule has 36 heavy (non-hydrogen) atoms. The first-order valence-corrected chi connectivity index (χ1v) is 13.0. The highest BCUT2D eigenvalue weighted by Gasteiger charge is 2.35. The maximum atomic E-state index is 13.5. The number of anilines is 1. The van der Waals surface area contributed by atoms with Gasteiger partial charge in [-0.2, -0.15) is 0 Å². The first-order chi connectivity index (χ1) is 17.2. The number of hydrogen-bond donors (Lipinski definition) is 1. The third-order valence-electron chi connectivity index (χ3n) is 5.77. The highest BCUT2D eigenvalue weighted by molar-refractivity contribution is 7.90. The fraction of sp³-hybridized carbons (Fsp3) is 0.0385. The van der Waals surface area contributed by atoms with Crippen LogP contribution in [0.5, 0.6) is 0 Å². The lowest BCUT2D eigenvalue weighted by Crippen LogP contribution is -2.54. The van der Waals surface area contributed by atoms with Crippen molar-refractivity contribution in [2.45, 2.75) is 11.8 Å². The highest BCUT2D eigenvalue weighted by atomic mass is 35.5. The molecule has 3 aromatic carbocycles. The van der Waals surface area contributed by atoms with Gasteiger partial charge in [-0.25, -0.2) is 12.4 Å². The SMILES string of the molecule is Cc1ccc(S(=O)(=O)n2cc(/C=C3\C(=O)NC(=S)N(c4ccc(Cl)cc4)C3=O)c3ccccc32)cc1. The van der Waals surface area contributed by atoms with Gasteiger partial charge in [0.05, 0.1) is 16.1 Å². The Balaban J connectivity index is 1.63. The first-order valence-electron chi connectivity index (χ1n) is 10.8. The fourth-order valence-corrected chi connectivity index (χ4v) is 5.74. The van der Waals surface area contributed by atoms with Crippen molar-refractivity contribution in [3.05, 3.63) is 101 Å². The molecule has 0 bridgehead atoms. The molecule has 1 aliphatic rings. The monoisotopic (exact) mass is 535 g/mol. The predicted molar refractivity (Wildman–Crippen MR) is 143 cm³/mol. The topological polar surface area (TPSA) is 88.5 Å². The average molecular weight is 536 g/mol. The van der Waals surface area contributed by atoms with Crippen molar-refractivity contribution >= 4 is 73.4 Å². The van der Waals surface area contributed by atoms with E-state index >= 15 is 0 Å². The Hall–Kier alpha value is -3.79. The van der Waals surface area contributed by atoms with Crippen molar-refractivity contribution in [3.63, 3.8) is 0 Å². The molecule has 0 aliphatic carbocycles. The van der Waals surface area contributed by atoms with E-state index in [2.05, 4.69) is 5.32 Å². The Kier molecular flexibility index (Phi) is 5.99. The number of thiocarbonyl (C=S) groups is 1. The molecular formula is C26H18ClN3O4S2. The quantitative estimate of drug-likeness (QED) is 0.233. The summed E-state index contributed by atoms with van der Waals surface area (Å²) >= 11 is 11.2. The molecule has 1 aromatic heterocycles. The molecule has 0 unspecified atom stereocenters. The zero-order valence-electron chi connectivity index (χ0n) is 18.8. The second-order valence-electron chi connectivity index (χ2n) is 8.15. The number of para-hydroxylation sites is 1. The lowest BCUT2D eigenvalue weighted by Gasteiger charge is -2.28. The number of fused-ring (bicyclic) bond motifs is 1. The van der Waals surface area contributed by atoms with E-state index in [-0.39, 0.29) is 15.6 Å². The van der Waals surface area contributed by atoms with Crippen LogP contribution in [0, 0.1) is 6.92 Å². The van der Waals surface area contributed by atoms with E-state index in [1.165, 1.54) is 17.2 Å². The van der Waals surface area contributed by atoms with Gasteiger partial charge in [0.2, 0.25) is 0 Å². The number of carbonyl (C=O) groups excluding carboxylic acids is 2. The molecule has 180 valence electrons. The zero-order chi connectivity index (χ0) is 25.6. The van der Waals surface area contributed by atoms with Crippen molar-refractivity contribution < 1.29 is 18.0 Å². The summed E-state index contributed by atoms with van der Waals surface area (Å²) < 4.78 is 28.1. The maximum absolute atomic E-state index is 13.5. The first kappa shape index (κ1) is 23.9. The van der Waals surface area contributed by atoms with Crippen LogP contribution in [0.15, 0.2) is 89.5 Å². The molecular weight excluding hydrogens is 518 g/mol. The van der Waals surface area contributed by atoms with Crippen molar-refractivity contribution in [2.24, 2.45) is 0 Å². The number of aryl methyl sites for hydroxylation is 1.